The normalized spacial score (nSPS) is 20.8. The highest BCUT2D eigenvalue weighted by atomic mass is 79.9. The van der Waals surface area contributed by atoms with Crippen molar-refractivity contribution in [3.05, 3.63) is 40.6 Å². The average molecular weight is 332 g/mol. The molecule has 104 valence electrons. The van der Waals surface area contributed by atoms with Gasteiger partial charge in [-0.15, -0.1) is 0 Å². The molecule has 1 N–H and O–H groups in total. The van der Waals surface area contributed by atoms with Crippen LogP contribution in [0.25, 0.3) is 11.3 Å². The third-order valence-corrected chi connectivity index (χ3v) is 4.45. The number of aromatic nitrogens is 2. The van der Waals surface area contributed by atoms with E-state index in [1.807, 2.05) is 18.2 Å². The van der Waals surface area contributed by atoms with Gasteiger partial charge in [0.1, 0.15) is 11.6 Å². The van der Waals surface area contributed by atoms with E-state index in [4.69, 9.17) is 9.97 Å². The van der Waals surface area contributed by atoms with E-state index in [2.05, 4.69) is 47.2 Å². The average Bonchev–Trinajstić information content (AvgIpc) is 3.19. The van der Waals surface area contributed by atoms with Crippen LogP contribution >= 0.6 is 15.9 Å². The molecule has 3 nitrogen and oxygen atoms in total. The van der Waals surface area contributed by atoms with Gasteiger partial charge in [0.2, 0.25) is 0 Å². The molecule has 1 heterocycles. The Bertz CT molecular complexity index is 613. The topological polar surface area (TPSA) is 37.8 Å². The Hall–Kier alpha value is -1.42. The smallest absolute Gasteiger partial charge is 0.144 e. The van der Waals surface area contributed by atoms with Crippen molar-refractivity contribution in [1.82, 2.24) is 9.97 Å². The summed E-state index contributed by atoms with van der Waals surface area (Å²) in [5.74, 6) is 3.09. The summed E-state index contributed by atoms with van der Waals surface area (Å²) in [6.45, 7) is 5.19. The Labute approximate surface area is 128 Å². The van der Waals surface area contributed by atoms with Gasteiger partial charge in [-0.2, -0.15) is 0 Å². The van der Waals surface area contributed by atoms with Crippen LogP contribution in [-0.4, -0.2) is 16.5 Å². The minimum Gasteiger partial charge on any atom is -0.369 e. The van der Waals surface area contributed by atoms with Crippen LogP contribution in [0.3, 0.4) is 0 Å². The van der Waals surface area contributed by atoms with Crippen molar-refractivity contribution in [1.29, 1.82) is 0 Å². The molecule has 4 heteroatoms. The molecule has 0 amide bonds. The van der Waals surface area contributed by atoms with E-state index >= 15 is 0 Å². The lowest BCUT2D eigenvalue weighted by molar-refractivity contribution is 0.842. The molecule has 1 saturated carbocycles. The zero-order chi connectivity index (χ0) is 14.1. The maximum absolute atomic E-state index is 4.80. The lowest BCUT2D eigenvalue weighted by atomic mass is 10.1. The van der Waals surface area contributed by atoms with Crippen LogP contribution in [0.15, 0.2) is 34.8 Å². The van der Waals surface area contributed by atoms with Gasteiger partial charge in [0, 0.05) is 18.0 Å². The summed E-state index contributed by atoms with van der Waals surface area (Å²) in [5.41, 5.74) is 2.10. The second-order valence-electron chi connectivity index (χ2n) is 5.31. The van der Waals surface area contributed by atoms with Crippen molar-refractivity contribution in [2.45, 2.75) is 26.2 Å². The number of hydrogen-bond donors (Lipinski definition) is 1. The van der Waals surface area contributed by atoms with Crippen LogP contribution in [0.2, 0.25) is 0 Å². The molecule has 2 unspecified atom stereocenters. The van der Waals surface area contributed by atoms with Gasteiger partial charge < -0.3 is 5.32 Å². The minimum atomic E-state index is 0.517. The third kappa shape index (κ3) is 2.57. The fraction of sp³-hybridized carbons (Fsp3) is 0.375. The number of rotatable bonds is 4. The predicted octanol–water partition coefficient (Wildman–Crippen LogP) is 4.46. The minimum absolute atomic E-state index is 0.517. The quantitative estimate of drug-likeness (QED) is 0.898. The van der Waals surface area contributed by atoms with Gasteiger partial charge in [-0.3, -0.25) is 0 Å². The molecule has 1 aliphatic carbocycles. The molecule has 3 rings (SSSR count). The second kappa shape index (κ2) is 5.52. The molecule has 20 heavy (non-hydrogen) atoms. The first-order valence-corrected chi connectivity index (χ1v) is 7.86. The summed E-state index contributed by atoms with van der Waals surface area (Å²) in [6.07, 6.45) is 1.20. The molecule has 0 bridgehead atoms. The van der Waals surface area contributed by atoms with E-state index in [-0.39, 0.29) is 0 Å². The Kier molecular flexibility index (Phi) is 3.74. The summed E-state index contributed by atoms with van der Waals surface area (Å²) in [5, 5.41) is 3.33. The molecule has 1 fully saturated rings. The molecule has 1 aromatic heterocycles. The van der Waals surface area contributed by atoms with Gasteiger partial charge in [-0.05, 0) is 35.2 Å². The van der Waals surface area contributed by atoms with Gasteiger partial charge in [0.05, 0.1) is 10.2 Å². The molecule has 0 spiro atoms. The molecule has 2 atom stereocenters. The lowest BCUT2D eigenvalue weighted by Gasteiger charge is -2.12. The van der Waals surface area contributed by atoms with E-state index in [9.17, 15) is 0 Å². The fourth-order valence-corrected chi connectivity index (χ4v) is 2.93. The number of hydrogen-bond acceptors (Lipinski definition) is 3. The van der Waals surface area contributed by atoms with Crippen molar-refractivity contribution in [2.75, 3.05) is 11.9 Å². The molecule has 0 aliphatic heterocycles. The van der Waals surface area contributed by atoms with Crippen molar-refractivity contribution in [3.63, 3.8) is 0 Å². The van der Waals surface area contributed by atoms with Crippen LogP contribution in [0.1, 0.15) is 32.0 Å². The van der Waals surface area contributed by atoms with Crippen molar-refractivity contribution in [2.24, 2.45) is 5.92 Å². The molecular formula is C16H18BrN3. The monoisotopic (exact) mass is 331 g/mol. The maximum atomic E-state index is 4.80. The van der Waals surface area contributed by atoms with E-state index in [1.165, 1.54) is 6.42 Å². The maximum Gasteiger partial charge on any atom is 0.144 e. The SMILES string of the molecule is CCNc1nc(C2CC2C)nc(-c2ccccc2)c1Br. The number of anilines is 1. The van der Waals surface area contributed by atoms with Gasteiger partial charge >= 0.3 is 0 Å². The van der Waals surface area contributed by atoms with Gasteiger partial charge in [0.15, 0.2) is 0 Å². The van der Waals surface area contributed by atoms with E-state index in [0.717, 1.165) is 33.9 Å². The summed E-state index contributed by atoms with van der Waals surface area (Å²) in [6, 6.07) is 10.3. The standard InChI is InChI=1S/C16H18BrN3/c1-3-18-16-13(17)14(11-7-5-4-6-8-11)19-15(20-16)12-9-10(12)2/h4-8,10,12H,3,9H2,1-2H3,(H,18,19,20). The highest BCUT2D eigenvalue weighted by Crippen LogP contribution is 2.47. The van der Waals surface area contributed by atoms with Gasteiger partial charge in [0.25, 0.3) is 0 Å². The van der Waals surface area contributed by atoms with Crippen LogP contribution in [0, 0.1) is 5.92 Å². The van der Waals surface area contributed by atoms with Crippen LogP contribution in [-0.2, 0) is 0 Å². The highest BCUT2D eigenvalue weighted by molar-refractivity contribution is 9.10. The van der Waals surface area contributed by atoms with Gasteiger partial charge in [-0.25, -0.2) is 9.97 Å². The molecule has 0 saturated heterocycles. The first kappa shape index (κ1) is 13.6. The van der Waals surface area contributed by atoms with Crippen LogP contribution in [0.4, 0.5) is 5.82 Å². The molecule has 2 aromatic rings. The highest BCUT2D eigenvalue weighted by Gasteiger charge is 2.37. The van der Waals surface area contributed by atoms with Crippen molar-refractivity contribution < 1.29 is 0 Å². The summed E-state index contributed by atoms with van der Waals surface area (Å²) in [4.78, 5) is 9.49. The summed E-state index contributed by atoms with van der Waals surface area (Å²) < 4.78 is 0.947. The molecule has 0 radical (unpaired) electrons. The zero-order valence-corrected chi connectivity index (χ0v) is 13.3. The van der Waals surface area contributed by atoms with Gasteiger partial charge in [-0.1, -0.05) is 37.3 Å². The number of nitrogens with zero attached hydrogens (tertiary/aromatic N) is 2. The van der Waals surface area contributed by atoms with Crippen LogP contribution in [0.5, 0.6) is 0 Å². The lowest BCUT2D eigenvalue weighted by Crippen LogP contribution is -2.06. The molecule has 1 aromatic carbocycles. The second-order valence-corrected chi connectivity index (χ2v) is 6.10. The number of benzene rings is 1. The molecule has 1 aliphatic rings. The summed E-state index contributed by atoms with van der Waals surface area (Å²) in [7, 11) is 0. The fourth-order valence-electron chi connectivity index (χ4n) is 2.38. The third-order valence-electron chi connectivity index (χ3n) is 3.70. The zero-order valence-electron chi connectivity index (χ0n) is 11.7. The van der Waals surface area contributed by atoms with Crippen molar-refractivity contribution >= 4 is 21.7 Å². The van der Waals surface area contributed by atoms with E-state index in [1.54, 1.807) is 0 Å². The predicted molar refractivity (Wildman–Crippen MR) is 85.9 cm³/mol. The Morgan fingerprint density at radius 1 is 1.25 bits per heavy atom. The Morgan fingerprint density at radius 3 is 2.55 bits per heavy atom. The van der Waals surface area contributed by atoms with Crippen molar-refractivity contribution in [3.8, 4) is 11.3 Å². The first-order valence-electron chi connectivity index (χ1n) is 7.07. The van der Waals surface area contributed by atoms with E-state index in [0.29, 0.717) is 11.8 Å². The van der Waals surface area contributed by atoms with E-state index < -0.39 is 0 Å². The first-order chi connectivity index (χ1) is 9.70. The Morgan fingerprint density at radius 2 is 1.95 bits per heavy atom. The summed E-state index contributed by atoms with van der Waals surface area (Å²) >= 11 is 3.65. The molecular weight excluding hydrogens is 314 g/mol. The number of nitrogens with one attached hydrogen (secondary N) is 1. The largest absolute Gasteiger partial charge is 0.369 e. The number of halogens is 1. The van der Waals surface area contributed by atoms with Crippen LogP contribution < -0.4 is 5.32 Å². The Balaban J connectivity index is 2.09.